The minimum absolute atomic E-state index is 0.00127. The smallest absolute Gasteiger partial charge is 0.333 e. The van der Waals surface area contributed by atoms with E-state index in [0.29, 0.717) is 13.1 Å². The Hall–Kier alpha value is -2.69. The Labute approximate surface area is 163 Å². The summed E-state index contributed by atoms with van der Waals surface area (Å²) >= 11 is 0.942. The molecule has 0 bridgehead atoms. The van der Waals surface area contributed by atoms with Gasteiger partial charge in [0, 0.05) is 36.8 Å². The highest BCUT2D eigenvalue weighted by molar-refractivity contribution is 7.12. The minimum Gasteiger partial charge on any atom is -0.333 e. The first kappa shape index (κ1) is 20.1. The van der Waals surface area contributed by atoms with Crippen molar-refractivity contribution in [2.75, 3.05) is 6.54 Å². The number of carbonyl (C=O) groups excluding carboxylic acids is 1. The van der Waals surface area contributed by atoms with Gasteiger partial charge in [0.25, 0.3) is 5.91 Å². The molecule has 0 aromatic carbocycles. The molecule has 0 aliphatic carbocycles. The van der Waals surface area contributed by atoms with Crippen LogP contribution in [0.5, 0.6) is 0 Å². The van der Waals surface area contributed by atoms with Crippen molar-refractivity contribution in [3.63, 3.8) is 0 Å². The predicted molar refractivity (Wildman–Crippen MR) is 97.3 cm³/mol. The number of aryl methyl sites for hydroxylation is 2. The van der Waals surface area contributed by atoms with Crippen LogP contribution in [0.4, 0.5) is 13.2 Å². The lowest BCUT2D eigenvalue weighted by molar-refractivity contribution is -0.142. The van der Waals surface area contributed by atoms with Crippen LogP contribution in [-0.2, 0) is 19.3 Å². The molecule has 150 valence electrons. The van der Waals surface area contributed by atoms with Gasteiger partial charge in [-0.05, 0) is 26.8 Å². The quantitative estimate of drug-likeness (QED) is 0.621. The van der Waals surface area contributed by atoms with Gasteiger partial charge in [-0.25, -0.2) is 9.67 Å². The summed E-state index contributed by atoms with van der Waals surface area (Å²) in [6.07, 6.45) is -1.02. The molecular weight excluding hydrogens is 393 g/mol. The highest BCUT2D eigenvalue weighted by Crippen LogP contribution is 2.32. The number of aromatic nitrogens is 5. The molecule has 0 unspecified atom stereocenters. The van der Waals surface area contributed by atoms with Crippen molar-refractivity contribution in [3.05, 3.63) is 46.5 Å². The Morgan fingerprint density at radius 2 is 2.07 bits per heavy atom. The van der Waals surface area contributed by atoms with Crippen LogP contribution in [0.25, 0.3) is 5.13 Å². The van der Waals surface area contributed by atoms with Gasteiger partial charge in [-0.1, -0.05) is 0 Å². The summed E-state index contributed by atoms with van der Waals surface area (Å²) in [6, 6.07) is 0.951. The molecule has 0 atom stereocenters. The molecular formula is C17H19F3N6OS. The Kier molecular flexibility index (Phi) is 5.54. The van der Waals surface area contributed by atoms with E-state index in [1.807, 2.05) is 20.0 Å². The summed E-state index contributed by atoms with van der Waals surface area (Å²) in [5, 5.41) is 9.50. The van der Waals surface area contributed by atoms with Gasteiger partial charge in [-0.2, -0.15) is 23.4 Å². The zero-order valence-electron chi connectivity index (χ0n) is 15.6. The summed E-state index contributed by atoms with van der Waals surface area (Å²) < 4.78 is 42.1. The third-order valence-electron chi connectivity index (χ3n) is 4.07. The van der Waals surface area contributed by atoms with Gasteiger partial charge in [-0.15, -0.1) is 11.3 Å². The second-order valence-corrected chi connectivity index (χ2v) is 6.96. The SMILES string of the molecule is CCN(Cc1cnn(CC)c1)C(=O)c1csc(-n2nc(C)cc2C(F)(F)F)n1. The fourth-order valence-electron chi connectivity index (χ4n) is 2.68. The molecule has 0 fully saturated rings. The Balaban J connectivity index is 1.83. The second kappa shape index (κ2) is 7.74. The third-order valence-corrected chi connectivity index (χ3v) is 4.88. The van der Waals surface area contributed by atoms with E-state index in [9.17, 15) is 18.0 Å². The number of carbonyl (C=O) groups is 1. The summed E-state index contributed by atoms with van der Waals surface area (Å²) in [5.74, 6) is -0.355. The zero-order chi connectivity index (χ0) is 20.5. The number of amides is 1. The number of hydrogen-bond donors (Lipinski definition) is 0. The molecule has 0 spiro atoms. The van der Waals surface area contributed by atoms with Crippen molar-refractivity contribution < 1.29 is 18.0 Å². The molecule has 1 amide bonds. The topological polar surface area (TPSA) is 68.8 Å². The summed E-state index contributed by atoms with van der Waals surface area (Å²) in [5.41, 5.74) is 0.261. The van der Waals surface area contributed by atoms with E-state index >= 15 is 0 Å². The normalized spacial score (nSPS) is 11.8. The van der Waals surface area contributed by atoms with Crippen molar-refractivity contribution in [1.29, 1.82) is 0 Å². The average Bonchev–Trinajstić information content (AvgIpc) is 3.37. The molecule has 11 heteroatoms. The molecule has 0 aliphatic heterocycles. The van der Waals surface area contributed by atoms with Crippen molar-refractivity contribution >= 4 is 17.2 Å². The van der Waals surface area contributed by atoms with Crippen LogP contribution in [-0.4, -0.2) is 41.9 Å². The van der Waals surface area contributed by atoms with Gasteiger partial charge in [0.15, 0.2) is 5.69 Å². The van der Waals surface area contributed by atoms with E-state index in [1.165, 1.54) is 12.3 Å². The molecule has 0 saturated heterocycles. The highest BCUT2D eigenvalue weighted by atomic mass is 32.1. The van der Waals surface area contributed by atoms with Gasteiger partial charge >= 0.3 is 6.18 Å². The van der Waals surface area contributed by atoms with Crippen molar-refractivity contribution in [1.82, 2.24) is 29.4 Å². The van der Waals surface area contributed by atoms with Crippen LogP contribution in [0.3, 0.4) is 0 Å². The molecule has 7 nitrogen and oxygen atoms in total. The van der Waals surface area contributed by atoms with E-state index in [2.05, 4.69) is 15.2 Å². The molecule has 0 radical (unpaired) electrons. The summed E-state index contributed by atoms with van der Waals surface area (Å²) in [7, 11) is 0. The van der Waals surface area contributed by atoms with E-state index in [4.69, 9.17) is 0 Å². The largest absolute Gasteiger partial charge is 0.433 e. The van der Waals surface area contributed by atoms with Gasteiger partial charge in [0.2, 0.25) is 5.13 Å². The average molecular weight is 412 g/mol. The van der Waals surface area contributed by atoms with Gasteiger partial charge in [0.1, 0.15) is 5.69 Å². The van der Waals surface area contributed by atoms with Gasteiger partial charge < -0.3 is 4.90 Å². The number of hydrogen-bond acceptors (Lipinski definition) is 5. The molecule has 0 aliphatic rings. The number of rotatable bonds is 6. The highest BCUT2D eigenvalue weighted by Gasteiger charge is 2.36. The molecule has 3 rings (SSSR count). The maximum atomic E-state index is 13.2. The summed E-state index contributed by atoms with van der Waals surface area (Å²) in [6.45, 7) is 6.76. The first-order valence-electron chi connectivity index (χ1n) is 8.63. The Bertz CT molecular complexity index is 974. The Morgan fingerprint density at radius 1 is 1.32 bits per heavy atom. The summed E-state index contributed by atoms with van der Waals surface area (Å²) in [4.78, 5) is 18.5. The van der Waals surface area contributed by atoms with Crippen molar-refractivity contribution in [3.8, 4) is 5.13 Å². The monoisotopic (exact) mass is 412 g/mol. The van der Waals surface area contributed by atoms with Gasteiger partial charge in [0.05, 0.1) is 11.9 Å². The molecule has 3 aromatic heterocycles. The number of alkyl halides is 3. The van der Waals surface area contributed by atoms with Crippen LogP contribution in [0.2, 0.25) is 0 Å². The van der Waals surface area contributed by atoms with Crippen LogP contribution < -0.4 is 0 Å². The lowest BCUT2D eigenvalue weighted by Gasteiger charge is -2.18. The lowest BCUT2D eigenvalue weighted by Crippen LogP contribution is -2.30. The van der Waals surface area contributed by atoms with Crippen LogP contribution >= 0.6 is 11.3 Å². The maximum Gasteiger partial charge on any atom is 0.433 e. The van der Waals surface area contributed by atoms with E-state index < -0.39 is 11.9 Å². The lowest BCUT2D eigenvalue weighted by atomic mass is 10.3. The van der Waals surface area contributed by atoms with Crippen molar-refractivity contribution in [2.24, 2.45) is 0 Å². The molecule has 3 heterocycles. The third kappa shape index (κ3) is 4.08. The van der Waals surface area contributed by atoms with Crippen LogP contribution in [0, 0.1) is 6.92 Å². The molecule has 0 saturated carbocycles. The van der Waals surface area contributed by atoms with Gasteiger partial charge in [-0.3, -0.25) is 9.48 Å². The Morgan fingerprint density at radius 3 is 2.68 bits per heavy atom. The minimum atomic E-state index is -4.56. The maximum absolute atomic E-state index is 13.2. The number of thiazole rings is 1. The number of nitrogens with zero attached hydrogens (tertiary/aromatic N) is 6. The predicted octanol–water partition coefficient (Wildman–Crippen LogP) is 3.53. The van der Waals surface area contributed by atoms with E-state index in [1.54, 1.807) is 15.8 Å². The fourth-order valence-corrected chi connectivity index (χ4v) is 3.44. The molecule has 28 heavy (non-hydrogen) atoms. The standard InChI is InChI=1S/C17H19F3N6OS/c1-4-24(8-12-7-21-25(5-2)9-12)15(27)13-10-28-16(22-13)26-14(17(18,19)20)6-11(3)23-26/h6-7,9-10H,4-5,8H2,1-3H3. The first-order valence-corrected chi connectivity index (χ1v) is 9.51. The zero-order valence-corrected chi connectivity index (χ0v) is 16.4. The number of halogens is 3. The first-order chi connectivity index (χ1) is 13.2. The second-order valence-electron chi connectivity index (χ2n) is 6.12. The van der Waals surface area contributed by atoms with Crippen LogP contribution in [0.15, 0.2) is 23.8 Å². The van der Waals surface area contributed by atoms with Crippen molar-refractivity contribution in [2.45, 2.75) is 40.0 Å². The fraction of sp³-hybridized carbons (Fsp3) is 0.412. The molecule has 0 N–H and O–H groups in total. The molecule has 3 aromatic rings. The van der Waals surface area contributed by atoms with Crippen LogP contribution in [0.1, 0.15) is 41.3 Å². The van der Waals surface area contributed by atoms with E-state index in [0.717, 1.165) is 34.2 Å². The van der Waals surface area contributed by atoms with E-state index in [-0.39, 0.29) is 22.4 Å².